The van der Waals surface area contributed by atoms with Gasteiger partial charge in [0, 0.05) is 52.4 Å². The number of aromatic nitrogens is 2. The number of fused-ring (bicyclic) bond motifs is 1. The smallest absolute Gasteiger partial charge is 0.191 e. The number of carbonyl (C=O) groups excluding carboxylic acids is 1. The van der Waals surface area contributed by atoms with Crippen LogP contribution in [0.2, 0.25) is 0 Å². The number of hydrogen-bond donors (Lipinski definition) is 3. The topological polar surface area (TPSA) is 121 Å². The number of nitrogens with zero attached hydrogens (tertiary/aromatic N) is 1. The quantitative estimate of drug-likeness (QED) is 0.288. The Morgan fingerprint density at radius 3 is 2.66 bits per heavy atom. The van der Waals surface area contributed by atoms with Gasteiger partial charge in [0.15, 0.2) is 5.78 Å². The van der Waals surface area contributed by atoms with E-state index in [0.29, 0.717) is 34.7 Å². The van der Waals surface area contributed by atoms with E-state index in [4.69, 9.17) is 4.74 Å². The third kappa shape index (κ3) is 5.87. The molecule has 182 valence electrons. The van der Waals surface area contributed by atoms with Crippen molar-refractivity contribution < 1.29 is 23.1 Å². The van der Waals surface area contributed by atoms with Gasteiger partial charge in [-0.15, -0.1) is 0 Å². The standard InChI is InChI=1S/C26H27N3O5S/c1-34-21-12-17(9-10-35(2,32)33)11-20(13-21)29-25(18-7-8-19(16-30)27-14-18)26(31)23-15-28-24-6-4-3-5-22(23)24/h3-8,11-15,25,28-30H,9-10,16H2,1-2H3. The second kappa shape index (κ2) is 10.3. The first-order valence-electron chi connectivity index (χ1n) is 11.1. The van der Waals surface area contributed by atoms with E-state index in [0.717, 1.165) is 16.5 Å². The van der Waals surface area contributed by atoms with Crippen molar-refractivity contribution in [3.05, 3.63) is 89.4 Å². The molecule has 3 N–H and O–H groups in total. The minimum atomic E-state index is -3.14. The normalized spacial score (nSPS) is 12.4. The van der Waals surface area contributed by atoms with Crippen molar-refractivity contribution in [3.8, 4) is 5.75 Å². The summed E-state index contributed by atoms with van der Waals surface area (Å²) in [5.74, 6) is 0.385. The number of methoxy groups -OCH3 is 1. The van der Waals surface area contributed by atoms with Crippen LogP contribution in [0, 0.1) is 0 Å². The maximum atomic E-state index is 13.8. The molecule has 35 heavy (non-hydrogen) atoms. The number of ketones is 1. The van der Waals surface area contributed by atoms with Crippen molar-refractivity contribution in [1.82, 2.24) is 9.97 Å². The fraction of sp³-hybridized carbons (Fsp3) is 0.231. The van der Waals surface area contributed by atoms with Gasteiger partial charge in [0.25, 0.3) is 0 Å². The second-order valence-electron chi connectivity index (χ2n) is 8.38. The second-order valence-corrected chi connectivity index (χ2v) is 10.6. The highest BCUT2D eigenvalue weighted by molar-refractivity contribution is 7.90. The van der Waals surface area contributed by atoms with Crippen LogP contribution in [0.15, 0.2) is 67.0 Å². The number of benzene rings is 2. The van der Waals surface area contributed by atoms with E-state index >= 15 is 0 Å². The molecule has 0 aliphatic rings. The number of carbonyl (C=O) groups is 1. The van der Waals surface area contributed by atoms with Crippen molar-refractivity contribution in [2.75, 3.05) is 24.4 Å². The molecule has 1 unspecified atom stereocenters. The van der Waals surface area contributed by atoms with Gasteiger partial charge >= 0.3 is 0 Å². The fourth-order valence-electron chi connectivity index (χ4n) is 3.91. The van der Waals surface area contributed by atoms with Gasteiger partial charge in [-0.3, -0.25) is 9.78 Å². The van der Waals surface area contributed by atoms with E-state index < -0.39 is 15.9 Å². The predicted molar refractivity (Wildman–Crippen MR) is 136 cm³/mol. The van der Waals surface area contributed by atoms with Crippen LogP contribution in [0.3, 0.4) is 0 Å². The van der Waals surface area contributed by atoms with Crippen molar-refractivity contribution in [2.24, 2.45) is 0 Å². The lowest BCUT2D eigenvalue weighted by atomic mass is 9.97. The first-order valence-corrected chi connectivity index (χ1v) is 13.1. The molecule has 0 spiro atoms. The largest absolute Gasteiger partial charge is 0.497 e. The highest BCUT2D eigenvalue weighted by atomic mass is 32.2. The fourth-order valence-corrected chi connectivity index (χ4v) is 4.51. The summed E-state index contributed by atoms with van der Waals surface area (Å²) < 4.78 is 28.8. The molecule has 0 saturated heterocycles. The summed E-state index contributed by atoms with van der Waals surface area (Å²) in [5.41, 5.74) is 3.88. The van der Waals surface area contributed by atoms with Crippen molar-refractivity contribution >= 4 is 32.2 Å². The molecule has 0 amide bonds. The Labute approximate surface area is 203 Å². The molecule has 2 aromatic carbocycles. The van der Waals surface area contributed by atoms with Gasteiger partial charge in [0.05, 0.1) is 25.2 Å². The number of sulfone groups is 1. The van der Waals surface area contributed by atoms with Crippen molar-refractivity contribution in [2.45, 2.75) is 19.1 Å². The van der Waals surface area contributed by atoms with Crippen LogP contribution in [0.1, 0.15) is 33.2 Å². The van der Waals surface area contributed by atoms with Crippen LogP contribution >= 0.6 is 0 Å². The summed E-state index contributed by atoms with van der Waals surface area (Å²) in [6.45, 7) is -0.200. The molecule has 8 nitrogen and oxygen atoms in total. The number of hydrogen-bond acceptors (Lipinski definition) is 7. The number of nitrogens with one attached hydrogen (secondary N) is 2. The van der Waals surface area contributed by atoms with E-state index in [1.54, 1.807) is 36.7 Å². The SMILES string of the molecule is COc1cc(CCS(C)(=O)=O)cc(NC(C(=O)c2c[nH]c3ccccc23)c2ccc(CO)nc2)c1. The number of pyridine rings is 1. The summed E-state index contributed by atoms with van der Waals surface area (Å²) in [4.78, 5) is 21.2. The molecule has 4 aromatic rings. The van der Waals surface area contributed by atoms with Gasteiger partial charge in [-0.25, -0.2) is 8.42 Å². The zero-order valence-corrected chi connectivity index (χ0v) is 20.3. The molecule has 4 rings (SSSR count). The zero-order chi connectivity index (χ0) is 25.0. The third-order valence-electron chi connectivity index (χ3n) is 5.73. The minimum absolute atomic E-state index is 0.00382. The maximum absolute atomic E-state index is 13.8. The number of aliphatic hydroxyl groups is 1. The lowest BCUT2D eigenvalue weighted by Gasteiger charge is -2.20. The van der Waals surface area contributed by atoms with Gasteiger partial charge in [0.1, 0.15) is 21.6 Å². The molecule has 0 bridgehead atoms. The van der Waals surface area contributed by atoms with Crippen LogP contribution in [-0.2, 0) is 22.9 Å². The molecule has 9 heteroatoms. The Hall–Kier alpha value is -3.69. The number of aryl methyl sites for hydroxylation is 1. The van der Waals surface area contributed by atoms with E-state index in [1.807, 2.05) is 30.3 Å². The number of aliphatic hydroxyl groups excluding tert-OH is 1. The van der Waals surface area contributed by atoms with E-state index in [-0.39, 0.29) is 18.1 Å². The Morgan fingerprint density at radius 2 is 1.97 bits per heavy atom. The lowest BCUT2D eigenvalue weighted by molar-refractivity contribution is 0.0971. The van der Waals surface area contributed by atoms with Gasteiger partial charge in [0.2, 0.25) is 0 Å². The van der Waals surface area contributed by atoms with Gasteiger partial charge in [-0.2, -0.15) is 0 Å². The number of rotatable bonds is 10. The zero-order valence-electron chi connectivity index (χ0n) is 19.5. The Morgan fingerprint density at radius 1 is 1.17 bits per heavy atom. The number of anilines is 1. The predicted octanol–water partition coefficient (Wildman–Crippen LogP) is 3.69. The summed E-state index contributed by atoms with van der Waals surface area (Å²) in [6.07, 6.45) is 4.78. The first kappa shape index (κ1) is 24.4. The Bertz CT molecular complexity index is 1450. The van der Waals surface area contributed by atoms with Crippen LogP contribution in [-0.4, -0.2) is 48.4 Å². The molecule has 2 heterocycles. The maximum Gasteiger partial charge on any atom is 0.191 e. The molecule has 0 saturated carbocycles. The average molecular weight is 494 g/mol. The van der Waals surface area contributed by atoms with E-state index in [2.05, 4.69) is 15.3 Å². The van der Waals surface area contributed by atoms with Gasteiger partial charge < -0.3 is 20.1 Å². The Balaban J connectivity index is 1.73. The molecule has 2 aromatic heterocycles. The molecule has 0 fully saturated rings. The van der Waals surface area contributed by atoms with E-state index in [9.17, 15) is 18.3 Å². The number of Topliss-reactive ketones (excluding diaryl/α,β-unsaturated/α-hetero) is 1. The third-order valence-corrected chi connectivity index (χ3v) is 6.68. The number of aromatic amines is 1. The average Bonchev–Trinajstić information content (AvgIpc) is 3.29. The van der Waals surface area contributed by atoms with Crippen LogP contribution in [0.25, 0.3) is 10.9 Å². The van der Waals surface area contributed by atoms with Crippen LogP contribution in [0.4, 0.5) is 5.69 Å². The van der Waals surface area contributed by atoms with Gasteiger partial charge in [-0.05, 0) is 36.2 Å². The highest BCUT2D eigenvalue weighted by Crippen LogP contribution is 2.30. The van der Waals surface area contributed by atoms with Crippen LogP contribution in [0.5, 0.6) is 5.75 Å². The monoisotopic (exact) mass is 493 g/mol. The number of para-hydroxylation sites is 1. The molecular weight excluding hydrogens is 466 g/mol. The lowest BCUT2D eigenvalue weighted by Crippen LogP contribution is -2.22. The summed E-state index contributed by atoms with van der Waals surface area (Å²) in [7, 11) is -1.61. The number of H-pyrrole nitrogens is 1. The molecule has 0 radical (unpaired) electrons. The molecular formula is C26H27N3O5S. The van der Waals surface area contributed by atoms with Crippen LogP contribution < -0.4 is 10.1 Å². The first-order chi connectivity index (χ1) is 16.8. The van der Waals surface area contributed by atoms with E-state index in [1.165, 1.54) is 13.4 Å². The molecule has 0 aliphatic carbocycles. The summed E-state index contributed by atoms with van der Waals surface area (Å²) in [6, 6.07) is 15.6. The minimum Gasteiger partial charge on any atom is -0.497 e. The molecule has 1 atom stereocenters. The van der Waals surface area contributed by atoms with Crippen molar-refractivity contribution in [1.29, 1.82) is 0 Å². The summed E-state index contributed by atoms with van der Waals surface area (Å²) in [5, 5.41) is 13.5. The molecule has 0 aliphatic heterocycles. The summed E-state index contributed by atoms with van der Waals surface area (Å²) >= 11 is 0. The number of ether oxygens (including phenoxy) is 1. The van der Waals surface area contributed by atoms with Gasteiger partial charge in [-0.1, -0.05) is 24.3 Å². The Kier molecular flexibility index (Phi) is 7.18. The highest BCUT2D eigenvalue weighted by Gasteiger charge is 2.25. The van der Waals surface area contributed by atoms with Crippen molar-refractivity contribution in [3.63, 3.8) is 0 Å².